The third kappa shape index (κ3) is 7.73. The molecule has 1 atom stereocenters. The van der Waals surface area contributed by atoms with Crippen molar-refractivity contribution < 1.29 is 14.2 Å². The topological polar surface area (TPSA) is 68.2 Å². The van der Waals surface area contributed by atoms with Gasteiger partial charge in [-0.05, 0) is 69.4 Å². The number of aliphatic imine (C=N–C) groups is 1. The van der Waals surface area contributed by atoms with E-state index in [0.717, 1.165) is 75.8 Å². The fraction of sp³-hybridized carbons (Fsp3) is 0.750. The molecule has 1 aliphatic carbocycles. The van der Waals surface area contributed by atoms with E-state index in [9.17, 15) is 0 Å². The first-order chi connectivity index (χ1) is 15.3. The van der Waals surface area contributed by atoms with Crippen molar-refractivity contribution in [2.24, 2.45) is 4.99 Å². The Balaban J connectivity index is 0.00000289. The Morgan fingerprint density at radius 2 is 1.91 bits per heavy atom. The number of nitrogens with one attached hydrogen (secondary N) is 1. The second-order valence-corrected chi connectivity index (χ2v) is 8.94. The first kappa shape index (κ1) is 25.5. The van der Waals surface area contributed by atoms with Crippen LogP contribution in [0.4, 0.5) is 0 Å². The summed E-state index contributed by atoms with van der Waals surface area (Å²) < 4.78 is 18.0. The van der Waals surface area contributed by atoms with Crippen LogP contribution in [0.15, 0.2) is 23.3 Å². The number of pyridine rings is 1. The Kier molecular flexibility index (Phi) is 10.8. The van der Waals surface area contributed by atoms with E-state index in [-0.39, 0.29) is 24.0 Å². The van der Waals surface area contributed by atoms with Crippen molar-refractivity contribution in [2.45, 2.75) is 82.6 Å². The number of likely N-dealkylation sites (tertiary alicyclic amines) is 1. The van der Waals surface area contributed by atoms with Gasteiger partial charge in [0.2, 0.25) is 5.88 Å². The van der Waals surface area contributed by atoms with Crippen LogP contribution in [-0.2, 0) is 16.0 Å². The molecule has 0 bridgehead atoms. The molecule has 8 heteroatoms. The summed E-state index contributed by atoms with van der Waals surface area (Å²) >= 11 is 0. The van der Waals surface area contributed by atoms with Gasteiger partial charge in [0.15, 0.2) is 5.96 Å². The van der Waals surface area contributed by atoms with E-state index in [2.05, 4.69) is 20.2 Å². The third-order valence-corrected chi connectivity index (χ3v) is 6.58. The van der Waals surface area contributed by atoms with E-state index < -0.39 is 0 Å². The monoisotopic (exact) mass is 558 g/mol. The maximum Gasteiger partial charge on any atom is 0.213 e. The molecule has 7 nitrogen and oxygen atoms in total. The van der Waals surface area contributed by atoms with Gasteiger partial charge in [-0.15, -0.1) is 24.0 Å². The van der Waals surface area contributed by atoms with Crippen LogP contribution in [0, 0.1) is 0 Å². The van der Waals surface area contributed by atoms with Gasteiger partial charge in [-0.2, -0.15) is 0 Å². The molecule has 0 aromatic carbocycles. The number of hydrogen-bond acceptors (Lipinski definition) is 5. The Hall–Kier alpha value is -1.13. The van der Waals surface area contributed by atoms with E-state index in [1.165, 1.54) is 25.7 Å². The van der Waals surface area contributed by atoms with Crippen molar-refractivity contribution in [3.05, 3.63) is 23.9 Å². The van der Waals surface area contributed by atoms with Gasteiger partial charge in [0, 0.05) is 45.6 Å². The molecule has 1 aromatic heterocycles. The molecule has 3 heterocycles. The van der Waals surface area contributed by atoms with Crippen molar-refractivity contribution in [3.8, 4) is 5.88 Å². The highest BCUT2D eigenvalue weighted by Crippen LogP contribution is 2.23. The van der Waals surface area contributed by atoms with E-state index in [1.54, 1.807) is 0 Å². The minimum atomic E-state index is 0. The summed E-state index contributed by atoms with van der Waals surface area (Å²) in [6, 6.07) is 4.08. The SMILES string of the molecule is CN=C(NCc1ccnc(OC2CCCC2)c1)N1CCC(OCC2CCCCO2)CC1.I. The van der Waals surface area contributed by atoms with Gasteiger partial charge < -0.3 is 24.4 Å². The number of guanidine groups is 1. The summed E-state index contributed by atoms with van der Waals surface area (Å²) in [5.74, 6) is 1.69. The highest BCUT2D eigenvalue weighted by molar-refractivity contribution is 14.0. The highest BCUT2D eigenvalue weighted by Gasteiger charge is 2.24. The van der Waals surface area contributed by atoms with Crippen molar-refractivity contribution >= 4 is 29.9 Å². The van der Waals surface area contributed by atoms with Crippen LogP contribution >= 0.6 is 24.0 Å². The predicted octanol–water partition coefficient (Wildman–Crippen LogP) is 4.15. The summed E-state index contributed by atoms with van der Waals surface area (Å²) in [5.41, 5.74) is 1.16. The molecule has 180 valence electrons. The van der Waals surface area contributed by atoms with Crippen LogP contribution in [-0.4, -0.2) is 67.5 Å². The molecule has 32 heavy (non-hydrogen) atoms. The smallest absolute Gasteiger partial charge is 0.213 e. The number of piperidine rings is 1. The lowest BCUT2D eigenvalue weighted by atomic mass is 10.1. The molecule has 1 unspecified atom stereocenters. The number of ether oxygens (including phenoxy) is 3. The quantitative estimate of drug-likeness (QED) is 0.308. The Bertz CT molecular complexity index is 700. The fourth-order valence-electron chi connectivity index (χ4n) is 4.73. The maximum atomic E-state index is 6.15. The second kappa shape index (κ2) is 13.5. The zero-order valence-electron chi connectivity index (χ0n) is 19.3. The van der Waals surface area contributed by atoms with Crippen LogP contribution in [0.2, 0.25) is 0 Å². The number of aromatic nitrogens is 1. The minimum absolute atomic E-state index is 0. The van der Waals surface area contributed by atoms with E-state index in [0.29, 0.717) is 24.9 Å². The average molecular weight is 559 g/mol. The first-order valence-electron chi connectivity index (χ1n) is 12.1. The number of halogens is 1. The van der Waals surface area contributed by atoms with Crippen molar-refractivity contribution in [3.63, 3.8) is 0 Å². The van der Waals surface area contributed by atoms with Crippen molar-refractivity contribution in [2.75, 3.05) is 33.4 Å². The van der Waals surface area contributed by atoms with Crippen LogP contribution in [0.3, 0.4) is 0 Å². The summed E-state index contributed by atoms with van der Waals surface area (Å²) in [6.07, 6.45) is 13.3. The van der Waals surface area contributed by atoms with Crippen molar-refractivity contribution in [1.29, 1.82) is 0 Å². The molecule has 2 aliphatic heterocycles. The lowest BCUT2D eigenvalue weighted by Gasteiger charge is -2.35. The Morgan fingerprint density at radius 1 is 1.12 bits per heavy atom. The van der Waals surface area contributed by atoms with Gasteiger partial charge in [-0.1, -0.05) is 0 Å². The molecular weight excluding hydrogens is 519 g/mol. The molecule has 1 saturated carbocycles. The molecule has 0 amide bonds. The number of hydrogen-bond donors (Lipinski definition) is 1. The molecule has 0 spiro atoms. The van der Waals surface area contributed by atoms with Gasteiger partial charge >= 0.3 is 0 Å². The molecule has 4 rings (SSSR count). The van der Waals surface area contributed by atoms with Gasteiger partial charge in [0.05, 0.1) is 18.8 Å². The zero-order chi connectivity index (χ0) is 21.3. The number of nitrogens with zero attached hydrogens (tertiary/aromatic N) is 3. The number of rotatable bonds is 7. The molecule has 1 aromatic rings. The van der Waals surface area contributed by atoms with Gasteiger partial charge in [0.1, 0.15) is 6.10 Å². The zero-order valence-corrected chi connectivity index (χ0v) is 21.7. The second-order valence-electron chi connectivity index (χ2n) is 8.94. The van der Waals surface area contributed by atoms with Gasteiger partial charge in [-0.25, -0.2) is 4.98 Å². The van der Waals surface area contributed by atoms with Crippen LogP contribution in [0.1, 0.15) is 63.4 Å². The van der Waals surface area contributed by atoms with Crippen molar-refractivity contribution in [1.82, 2.24) is 15.2 Å². The third-order valence-electron chi connectivity index (χ3n) is 6.58. The van der Waals surface area contributed by atoms with Gasteiger partial charge in [-0.3, -0.25) is 4.99 Å². The lowest BCUT2D eigenvalue weighted by Crippen LogP contribution is -2.47. The predicted molar refractivity (Wildman–Crippen MR) is 137 cm³/mol. The first-order valence-corrected chi connectivity index (χ1v) is 12.1. The van der Waals surface area contributed by atoms with Crippen LogP contribution in [0.25, 0.3) is 0 Å². The maximum absolute atomic E-state index is 6.15. The minimum Gasteiger partial charge on any atom is -0.474 e. The van der Waals surface area contributed by atoms with E-state index >= 15 is 0 Å². The fourth-order valence-corrected chi connectivity index (χ4v) is 4.73. The van der Waals surface area contributed by atoms with E-state index in [1.807, 2.05) is 25.4 Å². The molecule has 0 radical (unpaired) electrons. The molecule has 2 saturated heterocycles. The summed E-state index contributed by atoms with van der Waals surface area (Å²) in [5, 5.41) is 3.51. The highest BCUT2D eigenvalue weighted by atomic mass is 127. The Morgan fingerprint density at radius 3 is 2.62 bits per heavy atom. The molecular formula is C24H39IN4O3. The largest absolute Gasteiger partial charge is 0.474 e. The summed E-state index contributed by atoms with van der Waals surface area (Å²) in [4.78, 5) is 11.2. The molecule has 1 N–H and O–H groups in total. The standard InChI is InChI=1S/C24H38N4O3.HI/c1-25-24(27-17-19-9-12-26-23(16-19)31-21-6-2-3-7-21)28-13-10-20(11-14-28)30-18-22-8-4-5-15-29-22;/h9,12,16,20-22H,2-8,10-11,13-15,17-18H2,1H3,(H,25,27);1H. The van der Waals surface area contributed by atoms with Gasteiger partial charge in [0.25, 0.3) is 0 Å². The average Bonchev–Trinajstić information content (AvgIpc) is 3.33. The van der Waals surface area contributed by atoms with E-state index in [4.69, 9.17) is 14.2 Å². The molecule has 3 fully saturated rings. The molecule has 3 aliphatic rings. The lowest BCUT2D eigenvalue weighted by molar-refractivity contribution is -0.0721. The van der Waals surface area contributed by atoms with Crippen LogP contribution in [0.5, 0.6) is 5.88 Å². The Labute approximate surface area is 209 Å². The summed E-state index contributed by atoms with van der Waals surface area (Å²) in [6.45, 7) is 4.27. The van der Waals surface area contributed by atoms with Crippen LogP contribution < -0.4 is 10.1 Å². The summed E-state index contributed by atoms with van der Waals surface area (Å²) in [7, 11) is 1.85. The normalized spacial score (nSPS) is 23.1.